The normalized spacial score (nSPS) is 45.3. The highest BCUT2D eigenvalue weighted by Gasteiger charge is 2.60. The first-order valence-electron chi connectivity index (χ1n) is 5.39. The van der Waals surface area contributed by atoms with Gasteiger partial charge in [-0.3, -0.25) is 0 Å². The molecule has 3 fully saturated rings. The summed E-state index contributed by atoms with van der Waals surface area (Å²) in [6, 6.07) is 0. The van der Waals surface area contributed by atoms with Crippen molar-refractivity contribution in [3.05, 3.63) is 25.0 Å². The van der Waals surface area contributed by atoms with Crippen LogP contribution in [0.2, 0.25) is 0 Å². The topological polar surface area (TPSA) is 35.5 Å². The van der Waals surface area contributed by atoms with E-state index in [-0.39, 0.29) is 18.2 Å². The van der Waals surface area contributed by atoms with Crippen molar-refractivity contribution in [2.24, 2.45) is 17.8 Å². The summed E-state index contributed by atoms with van der Waals surface area (Å²) in [5.41, 5.74) is 0. The van der Waals surface area contributed by atoms with Crippen LogP contribution in [0.3, 0.4) is 0 Å². The van der Waals surface area contributed by atoms with Gasteiger partial charge >= 0.3 is 5.97 Å². The number of hydrogen-bond acceptors (Lipinski definition) is 3. The molecule has 3 aliphatic rings. The minimum atomic E-state index is -0.342. The van der Waals surface area contributed by atoms with Crippen LogP contribution in [0.15, 0.2) is 25.0 Å². The van der Waals surface area contributed by atoms with Gasteiger partial charge in [-0.2, -0.15) is 0 Å². The van der Waals surface area contributed by atoms with Gasteiger partial charge in [-0.05, 0) is 12.8 Å². The van der Waals surface area contributed by atoms with E-state index in [1.54, 1.807) is 0 Å². The van der Waals surface area contributed by atoms with Crippen LogP contribution in [-0.4, -0.2) is 18.2 Å². The number of rotatable bonds is 2. The maximum absolute atomic E-state index is 11.2. The van der Waals surface area contributed by atoms with Crippen molar-refractivity contribution in [2.45, 2.75) is 25.0 Å². The molecule has 1 aliphatic heterocycles. The van der Waals surface area contributed by atoms with Gasteiger partial charge < -0.3 is 9.47 Å². The summed E-state index contributed by atoms with van der Waals surface area (Å²) in [4.78, 5) is 11.2. The monoisotopic (exact) mass is 206 g/mol. The Morgan fingerprint density at radius 1 is 1.53 bits per heavy atom. The fourth-order valence-electron chi connectivity index (χ4n) is 3.39. The van der Waals surface area contributed by atoms with Gasteiger partial charge in [0.25, 0.3) is 0 Å². The fraction of sp³-hybridized carbons (Fsp3) is 0.583. The molecule has 0 aromatic carbocycles. The maximum atomic E-state index is 11.2. The lowest BCUT2D eigenvalue weighted by Gasteiger charge is -2.25. The first-order valence-corrected chi connectivity index (χ1v) is 5.39. The first kappa shape index (κ1) is 9.01. The summed E-state index contributed by atoms with van der Waals surface area (Å²) in [6.45, 7) is 7.33. The predicted molar refractivity (Wildman–Crippen MR) is 53.8 cm³/mol. The number of hydrogen-bond donors (Lipinski definition) is 0. The van der Waals surface area contributed by atoms with E-state index in [1.165, 1.54) is 6.08 Å². The van der Waals surface area contributed by atoms with Crippen LogP contribution in [0.25, 0.3) is 0 Å². The molecule has 5 unspecified atom stereocenters. The van der Waals surface area contributed by atoms with Gasteiger partial charge in [0.15, 0.2) is 0 Å². The van der Waals surface area contributed by atoms with Crippen molar-refractivity contribution in [3.63, 3.8) is 0 Å². The molecule has 0 N–H and O–H groups in total. The van der Waals surface area contributed by atoms with Gasteiger partial charge in [0.2, 0.25) is 0 Å². The molecular weight excluding hydrogens is 192 g/mol. The Hall–Kier alpha value is -1.25. The standard InChI is InChI=1S/C12H14O3/c1-3-10(13)15-11-7-4-8-6(2)14-12(11)9(8)5-7/h3,7-9,11-12H,1-2,4-5H2. The van der Waals surface area contributed by atoms with Gasteiger partial charge in [0.1, 0.15) is 12.2 Å². The molecule has 0 aromatic heterocycles. The number of allylic oxidation sites excluding steroid dienone is 1. The van der Waals surface area contributed by atoms with E-state index in [4.69, 9.17) is 9.47 Å². The quantitative estimate of drug-likeness (QED) is 0.509. The molecular formula is C12H14O3. The largest absolute Gasteiger partial charge is 0.491 e. The molecule has 15 heavy (non-hydrogen) atoms. The third kappa shape index (κ3) is 1.09. The van der Waals surface area contributed by atoms with Gasteiger partial charge in [-0.25, -0.2) is 4.79 Å². The summed E-state index contributed by atoms with van der Waals surface area (Å²) in [6.07, 6.45) is 3.38. The average Bonchev–Trinajstić information content (AvgIpc) is 2.81. The Morgan fingerprint density at radius 3 is 3.07 bits per heavy atom. The molecule has 3 heteroatoms. The molecule has 0 amide bonds. The van der Waals surface area contributed by atoms with E-state index >= 15 is 0 Å². The summed E-state index contributed by atoms with van der Waals surface area (Å²) in [5.74, 6) is 2.06. The highest BCUT2D eigenvalue weighted by Crippen LogP contribution is 2.58. The Labute approximate surface area is 88.7 Å². The van der Waals surface area contributed by atoms with Crippen LogP contribution in [0.5, 0.6) is 0 Å². The fourth-order valence-corrected chi connectivity index (χ4v) is 3.39. The van der Waals surface area contributed by atoms with Crippen LogP contribution in [-0.2, 0) is 14.3 Å². The van der Waals surface area contributed by atoms with E-state index in [2.05, 4.69) is 13.2 Å². The van der Waals surface area contributed by atoms with Gasteiger partial charge in [0.05, 0.1) is 5.76 Å². The molecule has 2 bridgehead atoms. The molecule has 2 saturated carbocycles. The Kier molecular flexibility index (Phi) is 1.73. The van der Waals surface area contributed by atoms with Gasteiger partial charge in [-0.1, -0.05) is 13.2 Å². The summed E-state index contributed by atoms with van der Waals surface area (Å²) in [7, 11) is 0. The molecule has 0 spiro atoms. The molecule has 3 nitrogen and oxygen atoms in total. The van der Waals surface area contributed by atoms with E-state index in [9.17, 15) is 4.79 Å². The lowest BCUT2D eigenvalue weighted by Crippen LogP contribution is -2.35. The number of carbonyl (C=O) groups is 1. The van der Waals surface area contributed by atoms with Crippen molar-refractivity contribution < 1.29 is 14.3 Å². The highest BCUT2D eigenvalue weighted by atomic mass is 16.6. The summed E-state index contributed by atoms with van der Waals surface area (Å²) < 4.78 is 11.0. The van der Waals surface area contributed by atoms with Crippen molar-refractivity contribution >= 4 is 5.97 Å². The van der Waals surface area contributed by atoms with Crippen LogP contribution in [0.1, 0.15) is 12.8 Å². The molecule has 5 atom stereocenters. The second kappa shape index (κ2) is 2.87. The van der Waals surface area contributed by atoms with Gasteiger partial charge in [0, 0.05) is 23.8 Å². The van der Waals surface area contributed by atoms with Crippen LogP contribution < -0.4 is 0 Å². The lowest BCUT2D eigenvalue weighted by atomic mass is 9.87. The highest BCUT2D eigenvalue weighted by molar-refractivity contribution is 5.81. The number of carbonyl (C=O) groups excluding carboxylic acids is 1. The molecule has 2 aliphatic carbocycles. The van der Waals surface area contributed by atoms with Crippen molar-refractivity contribution in [1.82, 2.24) is 0 Å². The minimum Gasteiger partial charge on any atom is -0.491 e. The van der Waals surface area contributed by atoms with Crippen molar-refractivity contribution in [2.75, 3.05) is 0 Å². The second-order valence-electron chi connectivity index (χ2n) is 4.66. The maximum Gasteiger partial charge on any atom is 0.330 e. The Balaban J connectivity index is 1.80. The van der Waals surface area contributed by atoms with E-state index in [0.717, 1.165) is 18.6 Å². The second-order valence-corrected chi connectivity index (χ2v) is 4.66. The number of fused-ring (bicyclic) bond motifs is 1. The number of ether oxygens (including phenoxy) is 2. The first-order chi connectivity index (χ1) is 7.20. The van der Waals surface area contributed by atoms with Gasteiger partial charge in [-0.15, -0.1) is 0 Å². The third-order valence-corrected chi connectivity index (χ3v) is 3.98. The molecule has 3 rings (SSSR count). The summed E-state index contributed by atoms with van der Waals surface area (Å²) >= 11 is 0. The zero-order chi connectivity index (χ0) is 10.6. The van der Waals surface area contributed by atoms with Crippen molar-refractivity contribution in [3.8, 4) is 0 Å². The SMILES string of the molecule is C=CC(=O)OC1C2CC3C(=C)OC1C3C2. The van der Waals surface area contributed by atoms with E-state index < -0.39 is 0 Å². The molecule has 1 saturated heterocycles. The van der Waals surface area contributed by atoms with Crippen LogP contribution in [0, 0.1) is 17.8 Å². The minimum absolute atomic E-state index is 0.0603. The van der Waals surface area contributed by atoms with E-state index in [1.807, 2.05) is 0 Å². The van der Waals surface area contributed by atoms with E-state index in [0.29, 0.717) is 17.8 Å². The average molecular weight is 206 g/mol. The van der Waals surface area contributed by atoms with Crippen LogP contribution in [0.4, 0.5) is 0 Å². The summed E-state index contributed by atoms with van der Waals surface area (Å²) in [5, 5.41) is 0. The molecule has 1 heterocycles. The zero-order valence-electron chi connectivity index (χ0n) is 8.52. The predicted octanol–water partition coefficient (Wildman–Crippen LogP) is 1.65. The Morgan fingerprint density at radius 2 is 2.33 bits per heavy atom. The van der Waals surface area contributed by atoms with Crippen LogP contribution >= 0.6 is 0 Å². The molecule has 0 aromatic rings. The third-order valence-electron chi connectivity index (χ3n) is 3.98. The Bertz CT molecular complexity index is 347. The van der Waals surface area contributed by atoms with Crippen molar-refractivity contribution in [1.29, 1.82) is 0 Å². The molecule has 0 radical (unpaired) electrons. The smallest absolute Gasteiger partial charge is 0.330 e. The zero-order valence-corrected chi connectivity index (χ0v) is 8.52. The number of esters is 1. The lowest BCUT2D eigenvalue weighted by molar-refractivity contribution is -0.150. The molecule has 80 valence electrons.